The van der Waals surface area contributed by atoms with Gasteiger partial charge in [-0.3, -0.25) is 0 Å². The lowest BCUT2D eigenvalue weighted by atomic mass is 10.0. The molecule has 118 valence electrons. The number of benzene rings is 1. The van der Waals surface area contributed by atoms with Crippen LogP contribution in [-0.4, -0.2) is 28.0 Å². The van der Waals surface area contributed by atoms with Crippen molar-refractivity contribution < 1.29 is 0 Å². The number of hydrogen-bond acceptors (Lipinski definition) is 3. The minimum absolute atomic E-state index is 0.399. The third-order valence-electron chi connectivity index (χ3n) is 4.11. The maximum atomic E-state index is 6.34. The van der Waals surface area contributed by atoms with E-state index in [1.54, 1.807) is 0 Å². The predicted octanol–water partition coefficient (Wildman–Crippen LogP) is 5.31. The molecule has 2 rings (SSSR count). The lowest BCUT2D eigenvalue weighted by molar-refractivity contribution is 0.528. The number of halogens is 1. The van der Waals surface area contributed by atoms with Gasteiger partial charge in [-0.05, 0) is 37.1 Å². The van der Waals surface area contributed by atoms with Crippen molar-refractivity contribution in [1.29, 1.82) is 0 Å². The molecule has 4 unspecified atom stereocenters. The zero-order valence-electron chi connectivity index (χ0n) is 13.4. The van der Waals surface area contributed by atoms with E-state index in [0.29, 0.717) is 16.5 Å². The summed E-state index contributed by atoms with van der Waals surface area (Å²) in [6.45, 7) is 10.0. The van der Waals surface area contributed by atoms with Gasteiger partial charge in [0.05, 0.1) is 0 Å². The average molecular weight is 344 g/mol. The molecule has 1 saturated heterocycles. The van der Waals surface area contributed by atoms with Gasteiger partial charge < -0.3 is 5.32 Å². The Labute approximate surface area is 143 Å². The summed E-state index contributed by atoms with van der Waals surface area (Å²) in [5.74, 6) is 1.21. The summed E-state index contributed by atoms with van der Waals surface area (Å²) in [4.78, 5) is 0. The van der Waals surface area contributed by atoms with Crippen LogP contribution in [0.1, 0.15) is 44.4 Å². The summed E-state index contributed by atoms with van der Waals surface area (Å²) in [5.41, 5.74) is 2.49. The lowest BCUT2D eigenvalue weighted by Crippen LogP contribution is -2.37. The van der Waals surface area contributed by atoms with Gasteiger partial charge in [0, 0.05) is 32.6 Å². The number of hydrogen-bond donors (Lipinski definition) is 1. The molecule has 0 aromatic heterocycles. The van der Waals surface area contributed by atoms with E-state index >= 15 is 0 Å². The van der Waals surface area contributed by atoms with Crippen LogP contribution in [0.4, 0.5) is 0 Å². The number of aryl methyl sites for hydroxylation is 1. The Hall–Kier alpha value is 0.170. The van der Waals surface area contributed by atoms with Crippen molar-refractivity contribution in [2.75, 3.05) is 12.3 Å². The second kappa shape index (κ2) is 8.14. The fourth-order valence-electron chi connectivity index (χ4n) is 2.55. The van der Waals surface area contributed by atoms with Gasteiger partial charge >= 0.3 is 0 Å². The first kappa shape index (κ1) is 17.5. The molecule has 0 saturated carbocycles. The van der Waals surface area contributed by atoms with Crippen LogP contribution < -0.4 is 5.32 Å². The minimum atomic E-state index is 0.399. The Kier molecular flexibility index (Phi) is 6.79. The fourth-order valence-corrected chi connectivity index (χ4v) is 5.86. The molecule has 1 fully saturated rings. The van der Waals surface area contributed by atoms with Gasteiger partial charge in [0.1, 0.15) is 0 Å². The first-order valence-corrected chi connectivity index (χ1v) is 10.2. The highest BCUT2D eigenvalue weighted by Gasteiger charge is 2.31. The van der Waals surface area contributed by atoms with Gasteiger partial charge in [0.2, 0.25) is 0 Å². The van der Waals surface area contributed by atoms with Gasteiger partial charge in [0.15, 0.2) is 0 Å². The summed E-state index contributed by atoms with van der Waals surface area (Å²) >= 11 is 10.6. The number of nitrogens with one attached hydrogen (secondary N) is 1. The highest BCUT2D eigenvalue weighted by molar-refractivity contribution is 8.07. The van der Waals surface area contributed by atoms with Crippen LogP contribution in [-0.2, 0) is 0 Å². The van der Waals surface area contributed by atoms with E-state index in [2.05, 4.69) is 74.7 Å². The molecule has 1 N–H and O–H groups in total. The summed E-state index contributed by atoms with van der Waals surface area (Å²) in [5, 5.41) is 6.70. The van der Waals surface area contributed by atoms with Crippen LogP contribution in [0.3, 0.4) is 0 Å². The van der Waals surface area contributed by atoms with Gasteiger partial charge in [0.25, 0.3) is 0 Å². The summed E-state index contributed by atoms with van der Waals surface area (Å²) in [6.07, 6.45) is 1.16. The number of rotatable bonds is 5. The molecular formula is C17H26ClNS2. The second-order valence-electron chi connectivity index (χ2n) is 5.86. The molecule has 1 aliphatic heterocycles. The highest BCUT2D eigenvalue weighted by Crippen LogP contribution is 2.41. The topological polar surface area (TPSA) is 12.0 Å². The fraction of sp³-hybridized carbons (Fsp3) is 0.647. The van der Waals surface area contributed by atoms with Crippen molar-refractivity contribution in [2.45, 2.75) is 55.9 Å². The first-order chi connectivity index (χ1) is 10.0. The maximum Gasteiger partial charge on any atom is 0.0449 e. The lowest BCUT2D eigenvalue weighted by Gasteiger charge is -2.36. The van der Waals surface area contributed by atoms with Crippen molar-refractivity contribution in [3.63, 3.8) is 0 Å². The maximum absolute atomic E-state index is 6.34. The molecule has 1 aromatic rings. The average Bonchev–Trinajstić information content (AvgIpc) is 2.46. The highest BCUT2D eigenvalue weighted by atomic mass is 35.5. The molecule has 4 atom stereocenters. The number of thioether (sulfide) groups is 2. The Morgan fingerprint density at radius 3 is 2.71 bits per heavy atom. The normalized spacial score (nSPS) is 27.6. The Bertz CT molecular complexity index is 466. The third kappa shape index (κ3) is 4.57. The van der Waals surface area contributed by atoms with Crippen molar-refractivity contribution in [1.82, 2.24) is 5.32 Å². The largest absolute Gasteiger partial charge is 0.309 e. The molecule has 0 bridgehead atoms. The first-order valence-electron chi connectivity index (χ1n) is 7.79. The zero-order chi connectivity index (χ0) is 15.4. The van der Waals surface area contributed by atoms with Crippen molar-refractivity contribution in [3.05, 3.63) is 34.3 Å². The smallest absolute Gasteiger partial charge is 0.0449 e. The molecule has 1 nitrogen and oxygen atoms in total. The van der Waals surface area contributed by atoms with E-state index in [1.807, 2.05) is 0 Å². The third-order valence-corrected chi connectivity index (χ3v) is 8.02. The van der Waals surface area contributed by atoms with Crippen LogP contribution >= 0.6 is 35.1 Å². The molecule has 1 heterocycles. The molecule has 0 amide bonds. The van der Waals surface area contributed by atoms with Crippen LogP contribution in [0.15, 0.2) is 18.2 Å². The summed E-state index contributed by atoms with van der Waals surface area (Å²) in [7, 11) is 0. The van der Waals surface area contributed by atoms with Crippen LogP contribution in [0, 0.1) is 6.92 Å². The second-order valence-corrected chi connectivity index (χ2v) is 9.30. The van der Waals surface area contributed by atoms with Crippen molar-refractivity contribution >= 4 is 35.1 Å². The van der Waals surface area contributed by atoms with Crippen LogP contribution in [0.25, 0.3) is 0 Å². The van der Waals surface area contributed by atoms with Crippen LogP contribution in [0.2, 0.25) is 5.02 Å². The SMILES string of the molecule is CCCNC(c1ccc(C)c(Cl)c1)C1CSC(C)C(C)S1. The standard InChI is InChI=1S/C17H26ClNS2/c1-5-8-19-17(14-7-6-11(2)15(18)9-14)16-10-20-12(3)13(4)21-16/h6-7,9,12-13,16-17,19H,5,8,10H2,1-4H3. The van der Waals surface area contributed by atoms with E-state index in [9.17, 15) is 0 Å². The minimum Gasteiger partial charge on any atom is -0.309 e. The molecule has 1 aliphatic rings. The van der Waals surface area contributed by atoms with Gasteiger partial charge in [-0.25, -0.2) is 0 Å². The van der Waals surface area contributed by atoms with Crippen molar-refractivity contribution in [3.8, 4) is 0 Å². The Balaban J connectivity index is 2.19. The van der Waals surface area contributed by atoms with Crippen LogP contribution in [0.5, 0.6) is 0 Å². The predicted molar refractivity (Wildman–Crippen MR) is 100.0 cm³/mol. The molecule has 0 aliphatic carbocycles. The molecule has 0 radical (unpaired) electrons. The van der Waals surface area contributed by atoms with E-state index in [1.165, 1.54) is 11.3 Å². The van der Waals surface area contributed by atoms with Gasteiger partial charge in [-0.1, -0.05) is 44.5 Å². The Morgan fingerprint density at radius 2 is 2.10 bits per heavy atom. The monoisotopic (exact) mass is 343 g/mol. The van der Waals surface area contributed by atoms with E-state index in [-0.39, 0.29) is 0 Å². The van der Waals surface area contributed by atoms with E-state index in [0.717, 1.165) is 28.8 Å². The molecule has 21 heavy (non-hydrogen) atoms. The zero-order valence-corrected chi connectivity index (χ0v) is 15.7. The summed E-state index contributed by atoms with van der Waals surface area (Å²) < 4.78 is 0. The van der Waals surface area contributed by atoms with E-state index < -0.39 is 0 Å². The molecule has 1 aromatic carbocycles. The molecule has 0 spiro atoms. The quantitative estimate of drug-likeness (QED) is 0.777. The van der Waals surface area contributed by atoms with Crippen molar-refractivity contribution in [2.24, 2.45) is 0 Å². The Morgan fingerprint density at radius 1 is 1.33 bits per heavy atom. The molecular weight excluding hydrogens is 318 g/mol. The summed E-state index contributed by atoms with van der Waals surface area (Å²) in [6, 6.07) is 6.93. The molecule has 4 heteroatoms. The van der Waals surface area contributed by atoms with Gasteiger partial charge in [-0.15, -0.1) is 0 Å². The van der Waals surface area contributed by atoms with Gasteiger partial charge in [-0.2, -0.15) is 23.5 Å². The van der Waals surface area contributed by atoms with E-state index in [4.69, 9.17) is 11.6 Å².